The lowest BCUT2D eigenvalue weighted by molar-refractivity contribution is 0.0946. The number of carbonyl (C=O) groups is 1. The van der Waals surface area contributed by atoms with Crippen molar-refractivity contribution in [3.8, 4) is 11.1 Å². The first-order valence-electron chi connectivity index (χ1n) is 7.71. The predicted molar refractivity (Wildman–Crippen MR) is 91.5 cm³/mol. The molecule has 0 atom stereocenters. The van der Waals surface area contributed by atoms with Crippen LogP contribution in [0.2, 0.25) is 0 Å². The number of nitrogens with zero attached hydrogens (tertiary/aromatic N) is 3. The number of hydrogen-bond acceptors (Lipinski definition) is 3. The van der Waals surface area contributed by atoms with E-state index in [-0.39, 0.29) is 11.7 Å². The van der Waals surface area contributed by atoms with E-state index in [1.807, 2.05) is 19.0 Å². The molecule has 124 valence electrons. The lowest BCUT2D eigenvalue weighted by atomic mass is 10.1. The van der Waals surface area contributed by atoms with Crippen molar-refractivity contribution in [2.75, 3.05) is 27.2 Å². The van der Waals surface area contributed by atoms with E-state index in [1.54, 1.807) is 47.1 Å². The Morgan fingerprint density at radius 1 is 1.21 bits per heavy atom. The second-order valence-electron chi connectivity index (χ2n) is 5.85. The van der Waals surface area contributed by atoms with Gasteiger partial charge in [0, 0.05) is 36.6 Å². The summed E-state index contributed by atoms with van der Waals surface area (Å²) in [4.78, 5) is 18.4. The van der Waals surface area contributed by atoms with Crippen molar-refractivity contribution in [3.05, 3.63) is 60.3 Å². The first kappa shape index (κ1) is 16.1. The second-order valence-corrected chi connectivity index (χ2v) is 5.85. The molecule has 0 spiro atoms. The quantitative estimate of drug-likeness (QED) is 0.783. The molecule has 0 bridgehead atoms. The zero-order valence-electron chi connectivity index (χ0n) is 13.7. The van der Waals surface area contributed by atoms with Crippen LogP contribution in [0.3, 0.4) is 0 Å². The molecule has 1 amide bonds. The summed E-state index contributed by atoms with van der Waals surface area (Å²) in [6.45, 7) is 1.32. The summed E-state index contributed by atoms with van der Waals surface area (Å²) in [6.07, 6.45) is 3.43. The molecule has 0 saturated carbocycles. The van der Waals surface area contributed by atoms with Crippen LogP contribution in [-0.4, -0.2) is 47.4 Å². The van der Waals surface area contributed by atoms with Gasteiger partial charge in [-0.3, -0.25) is 4.79 Å². The molecule has 6 heteroatoms. The van der Waals surface area contributed by atoms with Gasteiger partial charge in [0.25, 0.3) is 5.91 Å². The smallest absolute Gasteiger partial charge is 0.271 e. The van der Waals surface area contributed by atoms with Crippen LogP contribution < -0.4 is 5.32 Å². The van der Waals surface area contributed by atoms with Gasteiger partial charge >= 0.3 is 0 Å². The van der Waals surface area contributed by atoms with Crippen LogP contribution >= 0.6 is 0 Å². The summed E-state index contributed by atoms with van der Waals surface area (Å²) in [7, 11) is 3.89. The Morgan fingerprint density at radius 3 is 2.75 bits per heavy atom. The van der Waals surface area contributed by atoms with Crippen LogP contribution in [0.15, 0.2) is 48.8 Å². The third-order valence-electron chi connectivity index (χ3n) is 3.71. The summed E-state index contributed by atoms with van der Waals surface area (Å²) >= 11 is 0. The van der Waals surface area contributed by atoms with E-state index < -0.39 is 0 Å². The number of likely N-dealkylation sites (N-methyl/N-ethyl adjacent to an activating group) is 1. The fourth-order valence-corrected chi connectivity index (χ4v) is 2.44. The van der Waals surface area contributed by atoms with Crippen LogP contribution in [0.5, 0.6) is 0 Å². The summed E-state index contributed by atoms with van der Waals surface area (Å²) < 4.78 is 15.7. The molecule has 2 aromatic heterocycles. The zero-order valence-corrected chi connectivity index (χ0v) is 13.7. The molecule has 24 heavy (non-hydrogen) atoms. The highest BCUT2D eigenvalue weighted by atomic mass is 19.1. The molecule has 5 nitrogen and oxygen atoms in total. The van der Waals surface area contributed by atoms with Gasteiger partial charge in [-0.15, -0.1) is 0 Å². The lowest BCUT2D eigenvalue weighted by Gasteiger charge is -2.09. The normalized spacial score (nSPS) is 11.2. The molecule has 2 heterocycles. The fourth-order valence-electron chi connectivity index (χ4n) is 2.44. The number of halogens is 1. The topological polar surface area (TPSA) is 49.6 Å². The number of pyridine rings is 1. The highest BCUT2D eigenvalue weighted by Crippen LogP contribution is 2.23. The summed E-state index contributed by atoms with van der Waals surface area (Å²) in [5.41, 5.74) is 2.25. The van der Waals surface area contributed by atoms with Gasteiger partial charge in [-0.25, -0.2) is 9.37 Å². The molecule has 1 aromatic carbocycles. The minimum atomic E-state index is -0.279. The van der Waals surface area contributed by atoms with Gasteiger partial charge in [-0.2, -0.15) is 0 Å². The van der Waals surface area contributed by atoms with Gasteiger partial charge in [0.05, 0.1) is 0 Å². The highest BCUT2D eigenvalue weighted by Gasteiger charge is 2.11. The average molecular weight is 326 g/mol. The number of hydrogen-bond donors (Lipinski definition) is 1. The van der Waals surface area contributed by atoms with E-state index in [1.165, 1.54) is 6.07 Å². The van der Waals surface area contributed by atoms with E-state index in [9.17, 15) is 9.18 Å². The number of carbonyl (C=O) groups excluding carboxylic acids is 1. The minimum Gasteiger partial charge on any atom is -0.349 e. The molecular weight excluding hydrogens is 307 g/mol. The Labute approximate surface area is 139 Å². The largest absolute Gasteiger partial charge is 0.349 e. The van der Waals surface area contributed by atoms with Gasteiger partial charge in [-0.05, 0) is 32.3 Å². The third kappa shape index (κ3) is 3.44. The first-order valence-corrected chi connectivity index (χ1v) is 7.71. The second kappa shape index (κ2) is 6.80. The molecule has 0 radical (unpaired) electrons. The number of rotatable bonds is 5. The Bertz CT molecular complexity index is 872. The minimum absolute atomic E-state index is 0.215. The Hall–Kier alpha value is -2.73. The monoisotopic (exact) mass is 326 g/mol. The standard InChI is InChI=1S/C18H19FN4O/c1-22(2)10-9-20-18(24)16-12-23-11-13(7-8-17(23)21-16)14-5-3-4-6-15(14)19/h3-8,11-12H,9-10H2,1-2H3,(H,20,24). The van der Waals surface area contributed by atoms with E-state index in [2.05, 4.69) is 10.3 Å². The molecule has 0 unspecified atom stereocenters. The molecule has 0 aliphatic carbocycles. The maximum atomic E-state index is 13.9. The molecule has 3 rings (SSSR count). The maximum absolute atomic E-state index is 13.9. The number of imidazole rings is 1. The molecule has 0 saturated heterocycles. The Balaban J connectivity index is 1.84. The van der Waals surface area contributed by atoms with Crippen LogP contribution in [0.4, 0.5) is 4.39 Å². The third-order valence-corrected chi connectivity index (χ3v) is 3.71. The number of amides is 1. The molecule has 0 aliphatic rings. The Morgan fingerprint density at radius 2 is 2.00 bits per heavy atom. The zero-order chi connectivity index (χ0) is 17.1. The van der Waals surface area contributed by atoms with Crippen molar-refractivity contribution in [1.82, 2.24) is 19.6 Å². The van der Waals surface area contributed by atoms with E-state index in [0.29, 0.717) is 23.4 Å². The molecule has 0 fully saturated rings. The number of aromatic nitrogens is 2. The van der Waals surface area contributed by atoms with E-state index in [0.717, 1.165) is 12.1 Å². The van der Waals surface area contributed by atoms with Crippen LogP contribution in [0.25, 0.3) is 16.8 Å². The molecular formula is C18H19FN4O. The van der Waals surface area contributed by atoms with Crippen molar-refractivity contribution in [2.45, 2.75) is 0 Å². The fraction of sp³-hybridized carbons (Fsp3) is 0.222. The molecule has 3 aromatic rings. The predicted octanol–water partition coefficient (Wildman–Crippen LogP) is 2.43. The van der Waals surface area contributed by atoms with Crippen molar-refractivity contribution >= 4 is 11.6 Å². The Kier molecular flexibility index (Phi) is 4.57. The maximum Gasteiger partial charge on any atom is 0.271 e. The van der Waals surface area contributed by atoms with Gasteiger partial charge in [0.15, 0.2) is 0 Å². The number of benzene rings is 1. The van der Waals surface area contributed by atoms with Gasteiger partial charge in [0.2, 0.25) is 0 Å². The highest BCUT2D eigenvalue weighted by molar-refractivity contribution is 5.92. The van der Waals surface area contributed by atoms with Crippen molar-refractivity contribution in [3.63, 3.8) is 0 Å². The summed E-state index contributed by atoms with van der Waals surface area (Å²) in [6, 6.07) is 10.2. The average Bonchev–Trinajstić information content (AvgIpc) is 2.98. The van der Waals surface area contributed by atoms with Crippen molar-refractivity contribution in [1.29, 1.82) is 0 Å². The van der Waals surface area contributed by atoms with E-state index >= 15 is 0 Å². The van der Waals surface area contributed by atoms with Gasteiger partial charge in [-0.1, -0.05) is 18.2 Å². The van der Waals surface area contributed by atoms with E-state index in [4.69, 9.17) is 0 Å². The van der Waals surface area contributed by atoms with Crippen LogP contribution in [-0.2, 0) is 0 Å². The molecule has 0 aliphatic heterocycles. The van der Waals surface area contributed by atoms with Crippen molar-refractivity contribution < 1.29 is 9.18 Å². The van der Waals surface area contributed by atoms with Gasteiger partial charge in [0.1, 0.15) is 17.2 Å². The van der Waals surface area contributed by atoms with Crippen molar-refractivity contribution in [2.24, 2.45) is 0 Å². The lowest BCUT2D eigenvalue weighted by Crippen LogP contribution is -2.31. The summed E-state index contributed by atoms with van der Waals surface area (Å²) in [5, 5.41) is 2.83. The SMILES string of the molecule is CN(C)CCNC(=O)c1cn2cc(-c3ccccc3F)ccc2n1. The molecule has 1 N–H and O–H groups in total. The number of fused-ring (bicyclic) bond motifs is 1. The first-order chi connectivity index (χ1) is 11.5. The van der Waals surface area contributed by atoms with Crippen LogP contribution in [0.1, 0.15) is 10.5 Å². The van der Waals surface area contributed by atoms with Gasteiger partial charge < -0.3 is 14.6 Å². The number of nitrogens with one attached hydrogen (secondary N) is 1. The van der Waals surface area contributed by atoms with Crippen LogP contribution in [0, 0.1) is 5.82 Å². The summed E-state index contributed by atoms with van der Waals surface area (Å²) in [5.74, 6) is -0.494.